The second-order valence-electron chi connectivity index (χ2n) is 4.83. The van der Waals surface area contributed by atoms with E-state index in [1.54, 1.807) is 0 Å². The standard InChI is InChI=1S/C15H22N2O2/c1-3-12-10-17(4-2)13-9-11(14(18)7-8-16)5-6-15(13)19-12/h5-6,9,12H,3-4,7-8,10,16H2,1-2H3. The van der Waals surface area contributed by atoms with E-state index in [4.69, 9.17) is 10.5 Å². The van der Waals surface area contributed by atoms with Crippen molar-refractivity contribution in [1.29, 1.82) is 0 Å². The van der Waals surface area contributed by atoms with E-state index >= 15 is 0 Å². The van der Waals surface area contributed by atoms with Gasteiger partial charge in [0.15, 0.2) is 5.78 Å². The van der Waals surface area contributed by atoms with Crippen molar-refractivity contribution in [2.45, 2.75) is 32.8 Å². The number of fused-ring (bicyclic) bond motifs is 1. The van der Waals surface area contributed by atoms with Crippen molar-refractivity contribution >= 4 is 11.5 Å². The molecule has 0 radical (unpaired) electrons. The summed E-state index contributed by atoms with van der Waals surface area (Å²) < 4.78 is 5.93. The van der Waals surface area contributed by atoms with Crippen molar-refractivity contribution in [2.75, 3.05) is 24.5 Å². The zero-order chi connectivity index (χ0) is 13.8. The van der Waals surface area contributed by atoms with Gasteiger partial charge in [-0.2, -0.15) is 0 Å². The zero-order valence-corrected chi connectivity index (χ0v) is 11.7. The molecule has 2 rings (SSSR count). The first-order valence-corrected chi connectivity index (χ1v) is 6.98. The van der Waals surface area contributed by atoms with Crippen LogP contribution in [0.2, 0.25) is 0 Å². The molecule has 1 aliphatic heterocycles. The van der Waals surface area contributed by atoms with E-state index < -0.39 is 0 Å². The fraction of sp³-hybridized carbons (Fsp3) is 0.533. The Labute approximate surface area is 114 Å². The van der Waals surface area contributed by atoms with Gasteiger partial charge in [-0.3, -0.25) is 4.79 Å². The molecule has 0 aliphatic carbocycles. The third-order valence-electron chi connectivity index (χ3n) is 3.55. The average Bonchev–Trinajstić information content (AvgIpc) is 2.45. The Hall–Kier alpha value is -1.55. The molecule has 0 amide bonds. The minimum absolute atomic E-state index is 0.0963. The maximum absolute atomic E-state index is 11.9. The molecule has 0 aromatic heterocycles. The molecule has 1 unspecified atom stereocenters. The summed E-state index contributed by atoms with van der Waals surface area (Å²) in [7, 11) is 0. The van der Waals surface area contributed by atoms with Crippen LogP contribution < -0.4 is 15.4 Å². The summed E-state index contributed by atoms with van der Waals surface area (Å²) in [5, 5.41) is 0. The molecule has 0 saturated heterocycles. The summed E-state index contributed by atoms with van der Waals surface area (Å²) in [4.78, 5) is 14.2. The molecule has 1 aliphatic rings. The van der Waals surface area contributed by atoms with E-state index in [-0.39, 0.29) is 11.9 Å². The number of nitrogens with two attached hydrogens (primary N) is 1. The lowest BCUT2D eigenvalue weighted by Gasteiger charge is -2.35. The highest BCUT2D eigenvalue weighted by atomic mass is 16.5. The van der Waals surface area contributed by atoms with Gasteiger partial charge in [-0.05, 0) is 38.1 Å². The fourth-order valence-electron chi connectivity index (χ4n) is 2.39. The number of anilines is 1. The van der Waals surface area contributed by atoms with Crippen LogP contribution >= 0.6 is 0 Å². The lowest BCUT2D eigenvalue weighted by atomic mass is 10.0. The largest absolute Gasteiger partial charge is 0.486 e. The first-order valence-electron chi connectivity index (χ1n) is 6.98. The molecular formula is C15H22N2O2. The van der Waals surface area contributed by atoms with Crippen LogP contribution in [0.4, 0.5) is 5.69 Å². The Morgan fingerprint density at radius 3 is 2.89 bits per heavy atom. The van der Waals surface area contributed by atoms with Crippen molar-refractivity contribution in [3.8, 4) is 5.75 Å². The normalized spacial score (nSPS) is 17.8. The number of Topliss-reactive ketones (excluding diaryl/α,β-unsaturated/α-hetero) is 1. The first kappa shape index (κ1) is 13.9. The fourth-order valence-corrected chi connectivity index (χ4v) is 2.39. The summed E-state index contributed by atoms with van der Waals surface area (Å²) in [6, 6.07) is 5.68. The molecular weight excluding hydrogens is 240 g/mol. The number of ether oxygens (including phenoxy) is 1. The van der Waals surface area contributed by atoms with Gasteiger partial charge < -0.3 is 15.4 Å². The lowest BCUT2D eigenvalue weighted by Crippen LogP contribution is -2.39. The molecule has 0 bridgehead atoms. The molecule has 1 aromatic rings. The molecule has 0 spiro atoms. The van der Waals surface area contributed by atoms with Crippen molar-refractivity contribution in [3.05, 3.63) is 23.8 Å². The number of benzene rings is 1. The number of hydrogen-bond donors (Lipinski definition) is 1. The molecule has 1 heterocycles. The predicted molar refractivity (Wildman–Crippen MR) is 77.0 cm³/mol. The third-order valence-corrected chi connectivity index (χ3v) is 3.55. The summed E-state index contributed by atoms with van der Waals surface area (Å²) in [6.07, 6.45) is 1.62. The van der Waals surface area contributed by atoms with Gasteiger partial charge >= 0.3 is 0 Å². The Morgan fingerprint density at radius 1 is 1.47 bits per heavy atom. The van der Waals surface area contributed by atoms with Crippen LogP contribution in [-0.4, -0.2) is 31.5 Å². The van der Waals surface area contributed by atoms with Gasteiger partial charge in [0.05, 0.1) is 12.2 Å². The zero-order valence-electron chi connectivity index (χ0n) is 11.7. The minimum atomic E-state index is 0.0963. The highest BCUT2D eigenvalue weighted by molar-refractivity contribution is 5.97. The first-order chi connectivity index (χ1) is 9.19. The van der Waals surface area contributed by atoms with Gasteiger partial charge in [-0.1, -0.05) is 6.92 Å². The summed E-state index contributed by atoms with van der Waals surface area (Å²) in [5.74, 6) is 0.975. The number of rotatable bonds is 5. The lowest BCUT2D eigenvalue weighted by molar-refractivity contribution is 0.0985. The molecule has 4 heteroatoms. The van der Waals surface area contributed by atoms with Crippen LogP contribution in [0.1, 0.15) is 37.0 Å². The number of carbonyl (C=O) groups excluding carboxylic acids is 1. The van der Waals surface area contributed by atoms with Gasteiger partial charge in [-0.25, -0.2) is 0 Å². The van der Waals surface area contributed by atoms with Crippen molar-refractivity contribution < 1.29 is 9.53 Å². The molecule has 104 valence electrons. The van der Waals surface area contributed by atoms with Crippen LogP contribution in [0.15, 0.2) is 18.2 Å². The number of carbonyl (C=O) groups is 1. The minimum Gasteiger partial charge on any atom is -0.486 e. The van der Waals surface area contributed by atoms with Crippen molar-refractivity contribution in [2.24, 2.45) is 5.73 Å². The van der Waals surface area contributed by atoms with Crippen LogP contribution in [0, 0.1) is 0 Å². The van der Waals surface area contributed by atoms with E-state index in [1.807, 2.05) is 18.2 Å². The molecule has 4 nitrogen and oxygen atoms in total. The summed E-state index contributed by atoms with van der Waals surface area (Å²) in [6.45, 7) is 6.44. The topological polar surface area (TPSA) is 55.6 Å². The Morgan fingerprint density at radius 2 is 2.26 bits per heavy atom. The van der Waals surface area contributed by atoms with E-state index in [0.29, 0.717) is 13.0 Å². The van der Waals surface area contributed by atoms with Gasteiger partial charge in [-0.15, -0.1) is 0 Å². The Bertz CT molecular complexity index is 459. The SMILES string of the molecule is CCC1CN(CC)c2cc(C(=O)CCN)ccc2O1. The van der Waals surface area contributed by atoms with E-state index in [1.165, 1.54) is 0 Å². The maximum atomic E-state index is 11.9. The Balaban J connectivity index is 2.30. The molecule has 1 aromatic carbocycles. The van der Waals surface area contributed by atoms with Crippen molar-refractivity contribution in [1.82, 2.24) is 0 Å². The molecule has 19 heavy (non-hydrogen) atoms. The van der Waals surface area contributed by atoms with Gasteiger partial charge in [0.1, 0.15) is 11.9 Å². The third kappa shape index (κ3) is 2.89. The van der Waals surface area contributed by atoms with E-state index in [0.717, 1.165) is 36.5 Å². The van der Waals surface area contributed by atoms with Crippen molar-refractivity contribution in [3.63, 3.8) is 0 Å². The summed E-state index contributed by atoms with van der Waals surface area (Å²) >= 11 is 0. The van der Waals surface area contributed by atoms with Crippen LogP contribution in [0.25, 0.3) is 0 Å². The number of ketones is 1. The smallest absolute Gasteiger partial charge is 0.164 e. The number of likely N-dealkylation sites (N-methyl/N-ethyl adjacent to an activating group) is 1. The Kier molecular flexibility index (Phi) is 4.43. The highest BCUT2D eigenvalue weighted by Crippen LogP contribution is 2.35. The second kappa shape index (κ2) is 6.06. The average molecular weight is 262 g/mol. The maximum Gasteiger partial charge on any atom is 0.164 e. The number of nitrogens with zero attached hydrogens (tertiary/aromatic N) is 1. The van der Waals surface area contributed by atoms with Gasteiger partial charge in [0.25, 0.3) is 0 Å². The quantitative estimate of drug-likeness (QED) is 0.827. The van der Waals surface area contributed by atoms with Crippen LogP contribution in [-0.2, 0) is 0 Å². The molecule has 1 atom stereocenters. The van der Waals surface area contributed by atoms with E-state index in [2.05, 4.69) is 18.7 Å². The monoisotopic (exact) mass is 262 g/mol. The molecule has 0 fully saturated rings. The van der Waals surface area contributed by atoms with Gasteiger partial charge in [0, 0.05) is 18.5 Å². The van der Waals surface area contributed by atoms with Gasteiger partial charge in [0.2, 0.25) is 0 Å². The van der Waals surface area contributed by atoms with E-state index in [9.17, 15) is 4.79 Å². The summed E-state index contributed by atoms with van der Waals surface area (Å²) in [5.41, 5.74) is 7.18. The second-order valence-corrected chi connectivity index (χ2v) is 4.83. The predicted octanol–water partition coefficient (Wildman–Crippen LogP) is 2.22. The number of hydrogen-bond acceptors (Lipinski definition) is 4. The molecule has 0 saturated carbocycles. The highest BCUT2D eigenvalue weighted by Gasteiger charge is 2.24. The van der Waals surface area contributed by atoms with Crippen LogP contribution in [0.3, 0.4) is 0 Å². The molecule has 2 N–H and O–H groups in total. The van der Waals surface area contributed by atoms with Crippen LogP contribution in [0.5, 0.6) is 5.75 Å².